The lowest BCUT2D eigenvalue weighted by molar-refractivity contribution is 0.617. The Bertz CT molecular complexity index is 647. The highest BCUT2D eigenvalue weighted by molar-refractivity contribution is 5.59. The summed E-state index contributed by atoms with van der Waals surface area (Å²) in [7, 11) is 0. The summed E-state index contributed by atoms with van der Waals surface area (Å²) in [5, 5.41) is 0. The Labute approximate surface area is 90.4 Å². The van der Waals surface area contributed by atoms with E-state index in [1.807, 2.05) is 24.4 Å². The van der Waals surface area contributed by atoms with Crippen LogP contribution in [0.2, 0.25) is 0 Å². The van der Waals surface area contributed by atoms with Gasteiger partial charge in [0.25, 0.3) is 0 Å². The number of pyridine rings is 1. The molecule has 0 N–H and O–H groups in total. The van der Waals surface area contributed by atoms with E-state index in [2.05, 4.69) is 15.0 Å². The number of hydrogen-bond acceptors (Lipinski definition) is 3. The fourth-order valence-electron chi connectivity index (χ4n) is 1.61. The van der Waals surface area contributed by atoms with Crippen molar-refractivity contribution in [1.29, 1.82) is 0 Å². The first-order chi connectivity index (χ1) is 7.86. The lowest BCUT2D eigenvalue weighted by Gasteiger charge is -2.00. The van der Waals surface area contributed by atoms with Gasteiger partial charge in [-0.2, -0.15) is 0 Å². The lowest BCUT2D eigenvalue weighted by Crippen LogP contribution is -1.94. The van der Waals surface area contributed by atoms with Crippen LogP contribution in [0.5, 0.6) is 0 Å². The van der Waals surface area contributed by atoms with Crippen molar-refractivity contribution in [2.45, 2.75) is 0 Å². The Hall–Kier alpha value is -2.30. The molecule has 0 amide bonds. The van der Waals surface area contributed by atoms with Gasteiger partial charge in [-0.15, -0.1) is 0 Å². The van der Waals surface area contributed by atoms with Crippen LogP contribution in [0.1, 0.15) is 0 Å². The summed E-state index contributed by atoms with van der Waals surface area (Å²) >= 11 is 0. The molecule has 0 spiro atoms. The number of rotatable bonds is 1. The highest BCUT2D eigenvalue weighted by atomic mass is 19.1. The highest BCUT2D eigenvalue weighted by Crippen LogP contribution is 2.20. The molecule has 0 aliphatic carbocycles. The van der Waals surface area contributed by atoms with Crippen LogP contribution in [0.3, 0.4) is 0 Å². The van der Waals surface area contributed by atoms with Crippen LogP contribution in [0.25, 0.3) is 17.0 Å². The van der Waals surface area contributed by atoms with E-state index in [0.29, 0.717) is 5.69 Å². The van der Waals surface area contributed by atoms with Gasteiger partial charge < -0.3 is 0 Å². The predicted molar refractivity (Wildman–Crippen MR) is 56.2 cm³/mol. The van der Waals surface area contributed by atoms with Crippen molar-refractivity contribution < 1.29 is 4.39 Å². The van der Waals surface area contributed by atoms with Crippen molar-refractivity contribution in [1.82, 2.24) is 19.4 Å². The van der Waals surface area contributed by atoms with E-state index in [4.69, 9.17) is 0 Å². The Morgan fingerprint density at radius 3 is 2.94 bits per heavy atom. The van der Waals surface area contributed by atoms with Crippen molar-refractivity contribution >= 4 is 5.65 Å². The van der Waals surface area contributed by atoms with Crippen LogP contribution in [0.15, 0.2) is 43.1 Å². The van der Waals surface area contributed by atoms with Crippen LogP contribution < -0.4 is 0 Å². The van der Waals surface area contributed by atoms with Gasteiger partial charge in [0.05, 0.1) is 18.1 Å². The second kappa shape index (κ2) is 3.37. The maximum Gasteiger partial charge on any atom is 0.169 e. The average Bonchev–Trinajstić information content (AvgIpc) is 2.74. The molecular weight excluding hydrogens is 207 g/mol. The van der Waals surface area contributed by atoms with E-state index >= 15 is 0 Å². The Kier molecular flexibility index (Phi) is 1.89. The summed E-state index contributed by atoms with van der Waals surface area (Å²) in [6, 6.07) is 5.59. The largest absolute Gasteiger partial charge is 0.298 e. The van der Waals surface area contributed by atoms with Gasteiger partial charge in [0.1, 0.15) is 17.7 Å². The van der Waals surface area contributed by atoms with Gasteiger partial charge >= 0.3 is 0 Å². The fraction of sp³-hybridized carbons (Fsp3) is 0. The van der Waals surface area contributed by atoms with Crippen LogP contribution in [-0.2, 0) is 0 Å². The van der Waals surface area contributed by atoms with Gasteiger partial charge in [-0.3, -0.25) is 4.40 Å². The van der Waals surface area contributed by atoms with Gasteiger partial charge in [-0.1, -0.05) is 6.07 Å². The first-order valence-electron chi connectivity index (χ1n) is 4.74. The summed E-state index contributed by atoms with van der Waals surface area (Å²) in [6.45, 7) is 0. The number of nitrogens with zero attached hydrogens (tertiary/aromatic N) is 4. The second-order valence-corrected chi connectivity index (χ2v) is 3.29. The molecule has 0 aliphatic heterocycles. The first-order valence-corrected chi connectivity index (χ1v) is 4.74. The number of imidazole rings is 1. The number of halogens is 1. The van der Waals surface area contributed by atoms with Gasteiger partial charge in [0.2, 0.25) is 0 Å². The minimum absolute atomic E-state index is 0.258. The normalized spacial score (nSPS) is 10.8. The summed E-state index contributed by atoms with van der Waals surface area (Å²) in [4.78, 5) is 11.7. The van der Waals surface area contributed by atoms with Crippen molar-refractivity contribution in [3.8, 4) is 11.4 Å². The molecule has 0 unspecified atom stereocenters. The van der Waals surface area contributed by atoms with Crippen molar-refractivity contribution in [3.05, 3.63) is 48.9 Å². The molecule has 78 valence electrons. The molecular formula is C11H7FN4. The Morgan fingerprint density at radius 1 is 1.12 bits per heavy atom. The summed E-state index contributed by atoms with van der Waals surface area (Å²) in [5.74, 6) is -0.451. The monoisotopic (exact) mass is 214 g/mol. The molecule has 3 aromatic rings. The molecule has 4 nitrogen and oxygen atoms in total. The molecule has 0 saturated heterocycles. The third-order valence-electron chi connectivity index (χ3n) is 2.33. The Balaban J connectivity index is 2.31. The van der Waals surface area contributed by atoms with Gasteiger partial charge in [-0.25, -0.2) is 19.3 Å². The van der Waals surface area contributed by atoms with E-state index in [-0.39, 0.29) is 5.69 Å². The van der Waals surface area contributed by atoms with Gasteiger partial charge in [0, 0.05) is 6.20 Å². The molecule has 3 rings (SSSR count). The summed E-state index contributed by atoms with van der Waals surface area (Å²) < 4.78 is 15.3. The molecule has 3 aromatic heterocycles. The number of fused-ring (bicyclic) bond motifs is 1. The van der Waals surface area contributed by atoms with E-state index in [0.717, 1.165) is 11.8 Å². The lowest BCUT2D eigenvalue weighted by atomic mass is 10.3. The maximum atomic E-state index is 13.5. The third kappa shape index (κ3) is 1.25. The first kappa shape index (κ1) is 8.96. The predicted octanol–water partition coefficient (Wildman–Crippen LogP) is 1.93. The fourth-order valence-corrected chi connectivity index (χ4v) is 1.61. The molecule has 0 aliphatic rings. The van der Waals surface area contributed by atoms with E-state index in [1.165, 1.54) is 6.33 Å². The number of hydrogen-bond donors (Lipinski definition) is 0. The standard InChI is InChI=1S/C11H7FN4/c12-8-5-13-7-15-11(8)9-6-14-10-3-1-2-4-16(9)10/h1-7H. The summed E-state index contributed by atoms with van der Waals surface area (Å²) in [5.41, 5.74) is 1.64. The van der Waals surface area contributed by atoms with Gasteiger partial charge in [0.15, 0.2) is 5.82 Å². The van der Waals surface area contributed by atoms with Crippen LogP contribution in [0, 0.1) is 5.82 Å². The average molecular weight is 214 g/mol. The Morgan fingerprint density at radius 2 is 2.06 bits per heavy atom. The van der Waals surface area contributed by atoms with E-state index in [1.54, 1.807) is 10.6 Å². The molecule has 0 atom stereocenters. The zero-order chi connectivity index (χ0) is 11.0. The van der Waals surface area contributed by atoms with Crippen LogP contribution in [0.4, 0.5) is 4.39 Å². The quantitative estimate of drug-likeness (QED) is 0.621. The smallest absolute Gasteiger partial charge is 0.169 e. The molecule has 0 fully saturated rings. The third-order valence-corrected chi connectivity index (χ3v) is 2.33. The van der Waals surface area contributed by atoms with E-state index in [9.17, 15) is 4.39 Å². The zero-order valence-electron chi connectivity index (χ0n) is 8.21. The van der Waals surface area contributed by atoms with E-state index < -0.39 is 5.82 Å². The summed E-state index contributed by atoms with van der Waals surface area (Å²) in [6.07, 6.45) is 5.88. The molecule has 0 bridgehead atoms. The topological polar surface area (TPSA) is 43.1 Å². The molecule has 0 radical (unpaired) electrons. The van der Waals surface area contributed by atoms with Gasteiger partial charge in [-0.05, 0) is 12.1 Å². The minimum atomic E-state index is -0.451. The molecule has 5 heteroatoms. The maximum absolute atomic E-state index is 13.5. The molecule has 3 heterocycles. The minimum Gasteiger partial charge on any atom is -0.298 e. The van der Waals surface area contributed by atoms with Crippen LogP contribution in [-0.4, -0.2) is 19.4 Å². The molecule has 0 aromatic carbocycles. The number of aromatic nitrogens is 4. The molecule has 16 heavy (non-hydrogen) atoms. The van der Waals surface area contributed by atoms with Crippen molar-refractivity contribution in [2.75, 3.05) is 0 Å². The SMILES string of the molecule is Fc1cncnc1-c1cnc2ccccn12. The molecule has 0 saturated carbocycles. The highest BCUT2D eigenvalue weighted by Gasteiger charge is 2.10. The zero-order valence-corrected chi connectivity index (χ0v) is 8.21. The van der Waals surface area contributed by atoms with Crippen molar-refractivity contribution in [2.24, 2.45) is 0 Å². The van der Waals surface area contributed by atoms with Crippen molar-refractivity contribution in [3.63, 3.8) is 0 Å². The van der Waals surface area contributed by atoms with Crippen LogP contribution >= 0.6 is 0 Å². The second-order valence-electron chi connectivity index (χ2n) is 3.29.